The molecule has 1 aromatic heterocycles. The Kier molecular flexibility index (Phi) is 4.84. The quantitative estimate of drug-likeness (QED) is 0.612. The highest BCUT2D eigenvalue weighted by Crippen LogP contribution is 2.16. The summed E-state index contributed by atoms with van der Waals surface area (Å²) in [5.74, 6) is 1.87. The summed E-state index contributed by atoms with van der Waals surface area (Å²) in [5.41, 5.74) is 6.86. The van der Waals surface area contributed by atoms with Crippen molar-refractivity contribution in [1.82, 2.24) is 14.8 Å². The Morgan fingerprint density at radius 1 is 1.47 bits per heavy atom. The van der Waals surface area contributed by atoms with Crippen molar-refractivity contribution < 1.29 is 0 Å². The molecule has 0 bridgehead atoms. The number of nitrogens with zero attached hydrogens (tertiary/aromatic N) is 3. The van der Waals surface area contributed by atoms with Gasteiger partial charge in [-0.05, 0) is 20.8 Å². The zero-order chi connectivity index (χ0) is 11.3. The minimum Gasteiger partial charge on any atom is -0.329 e. The molecule has 0 atom stereocenters. The van der Waals surface area contributed by atoms with Crippen molar-refractivity contribution in [1.29, 1.82) is 0 Å². The van der Waals surface area contributed by atoms with Crippen LogP contribution in [0.25, 0.3) is 0 Å². The Morgan fingerprint density at radius 3 is 2.80 bits per heavy atom. The molecule has 1 heterocycles. The van der Waals surface area contributed by atoms with E-state index in [1.807, 2.05) is 6.92 Å². The third-order valence-corrected chi connectivity index (χ3v) is 2.85. The van der Waals surface area contributed by atoms with E-state index < -0.39 is 0 Å². The van der Waals surface area contributed by atoms with Crippen molar-refractivity contribution >= 4 is 11.8 Å². The molecule has 0 saturated heterocycles. The second-order valence-electron chi connectivity index (χ2n) is 3.56. The fourth-order valence-electron chi connectivity index (χ4n) is 1.14. The maximum absolute atomic E-state index is 5.54. The average Bonchev–Trinajstić information content (AvgIpc) is 2.50. The SMILES string of the molecule is CC(C)=CCSc1nnc(C)n1CCN. The summed E-state index contributed by atoms with van der Waals surface area (Å²) in [6.07, 6.45) is 2.18. The lowest BCUT2D eigenvalue weighted by atomic mass is 10.3. The maximum Gasteiger partial charge on any atom is 0.191 e. The molecular weight excluding hydrogens is 208 g/mol. The van der Waals surface area contributed by atoms with E-state index in [1.54, 1.807) is 11.8 Å². The lowest BCUT2D eigenvalue weighted by Crippen LogP contribution is -2.12. The predicted octanol–water partition coefficient (Wildman–Crippen LogP) is 1.60. The Morgan fingerprint density at radius 2 is 2.20 bits per heavy atom. The van der Waals surface area contributed by atoms with Crippen LogP contribution in [0.3, 0.4) is 0 Å². The second-order valence-corrected chi connectivity index (χ2v) is 4.55. The van der Waals surface area contributed by atoms with Gasteiger partial charge < -0.3 is 10.3 Å². The number of hydrogen-bond donors (Lipinski definition) is 1. The first-order valence-electron chi connectivity index (χ1n) is 5.01. The average molecular weight is 226 g/mol. The van der Waals surface area contributed by atoms with Gasteiger partial charge in [0.2, 0.25) is 0 Å². The molecule has 4 nitrogen and oxygen atoms in total. The van der Waals surface area contributed by atoms with Gasteiger partial charge in [0, 0.05) is 18.8 Å². The summed E-state index contributed by atoms with van der Waals surface area (Å²) in [6, 6.07) is 0. The molecule has 15 heavy (non-hydrogen) atoms. The topological polar surface area (TPSA) is 56.7 Å². The number of thioether (sulfide) groups is 1. The standard InChI is InChI=1S/C10H18N4S/c1-8(2)4-7-15-10-13-12-9(3)14(10)6-5-11/h4H,5-7,11H2,1-3H3. The maximum atomic E-state index is 5.54. The summed E-state index contributed by atoms with van der Waals surface area (Å²) >= 11 is 1.69. The normalized spacial score (nSPS) is 10.4. The fourth-order valence-corrected chi connectivity index (χ4v) is 2.18. The minimum absolute atomic E-state index is 0.620. The first-order chi connectivity index (χ1) is 7.15. The summed E-state index contributed by atoms with van der Waals surface area (Å²) < 4.78 is 2.06. The fraction of sp³-hybridized carbons (Fsp3) is 0.600. The van der Waals surface area contributed by atoms with E-state index in [2.05, 4.69) is 34.7 Å². The molecule has 0 fully saturated rings. The van der Waals surface area contributed by atoms with Gasteiger partial charge >= 0.3 is 0 Å². The molecule has 1 rings (SSSR count). The smallest absolute Gasteiger partial charge is 0.191 e. The highest BCUT2D eigenvalue weighted by atomic mass is 32.2. The van der Waals surface area contributed by atoms with Crippen LogP contribution >= 0.6 is 11.8 Å². The third-order valence-electron chi connectivity index (χ3n) is 1.96. The van der Waals surface area contributed by atoms with E-state index >= 15 is 0 Å². The molecule has 84 valence electrons. The second kappa shape index (κ2) is 5.92. The van der Waals surface area contributed by atoms with Crippen LogP contribution in [0.4, 0.5) is 0 Å². The molecule has 2 N–H and O–H groups in total. The zero-order valence-corrected chi connectivity index (χ0v) is 10.3. The summed E-state index contributed by atoms with van der Waals surface area (Å²) in [6.45, 7) is 7.55. The molecule has 0 unspecified atom stereocenters. The lowest BCUT2D eigenvalue weighted by molar-refractivity contribution is 0.628. The van der Waals surface area contributed by atoms with Crippen molar-refractivity contribution in [2.75, 3.05) is 12.3 Å². The number of aryl methyl sites for hydroxylation is 1. The van der Waals surface area contributed by atoms with Crippen molar-refractivity contribution in [2.45, 2.75) is 32.5 Å². The Labute approximate surface area is 95.0 Å². The van der Waals surface area contributed by atoms with Crippen molar-refractivity contribution in [2.24, 2.45) is 5.73 Å². The van der Waals surface area contributed by atoms with Gasteiger partial charge in [0.05, 0.1) is 0 Å². The predicted molar refractivity (Wildman–Crippen MR) is 64.0 cm³/mol. The van der Waals surface area contributed by atoms with Crippen LogP contribution < -0.4 is 5.73 Å². The Bertz CT molecular complexity index is 339. The van der Waals surface area contributed by atoms with Gasteiger partial charge in [-0.2, -0.15) is 0 Å². The van der Waals surface area contributed by atoms with E-state index in [0.29, 0.717) is 6.54 Å². The minimum atomic E-state index is 0.620. The van der Waals surface area contributed by atoms with Crippen molar-refractivity contribution in [3.05, 3.63) is 17.5 Å². The highest BCUT2D eigenvalue weighted by Gasteiger charge is 2.07. The number of hydrogen-bond acceptors (Lipinski definition) is 4. The molecule has 0 aliphatic rings. The van der Waals surface area contributed by atoms with Gasteiger partial charge in [-0.25, -0.2) is 0 Å². The van der Waals surface area contributed by atoms with E-state index in [4.69, 9.17) is 5.73 Å². The largest absolute Gasteiger partial charge is 0.329 e. The van der Waals surface area contributed by atoms with E-state index in [9.17, 15) is 0 Å². The molecule has 0 aliphatic heterocycles. The molecule has 5 heteroatoms. The zero-order valence-electron chi connectivity index (χ0n) is 9.53. The van der Waals surface area contributed by atoms with Crippen molar-refractivity contribution in [3.8, 4) is 0 Å². The van der Waals surface area contributed by atoms with Crippen LogP contribution in [-0.4, -0.2) is 27.1 Å². The van der Waals surface area contributed by atoms with Gasteiger partial charge in [0.15, 0.2) is 5.16 Å². The first-order valence-corrected chi connectivity index (χ1v) is 5.99. The van der Waals surface area contributed by atoms with Gasteiger partial charge in [-0.3, -0.25) is 0 Å². The van der Waals surface area contributed by atoms with Crippen LogP contribution in [0, 0.1) is 6.92 Å². The van der Waals surface area contributed by atoms with E-state index in [0.717, 1.165) is 23.3 Å². The monoisotopic (exact) mass is 226 g/mol. The Hall–Kier alpha value is -0.810. The summed E-state index contributed by atoms with van der Waals surface area (Å²) in [4.78, 5) is 0. The van der Waals surface area contributed by atoms with Crippen LogP contribution in [0.5, 0.6) is 0 Å². The van der Waals surface area contributed by atoms with Crippen molar-refractivity contribution in [3.63, 3.8) is 0 Å². The first kappa shape index (κ1) is 12.3. The Balaban J connectivity index is 2.64. The molecule has 1 aromatic rings. The molecule has 0 spiro atoms. The number of allylic oxidation sites excluding steroid dienone is 1. The molecule has 0 radical (unpaired) electrons. The van der Waals surface area contributed by atoms with E-state index in [1.165, 1.54) is 5.57 Å². The molecule has 0 aromatic carbocycles. The number of aromatic nitrogens is 3. The van der Waals surface area contributed by atoms with Crippen LogP contribution in [0.2, 0.25) is 0 Å². The van der Waals surface area contributed by atoms with Gasteiger partial charge in [0.1, 0.15) is 5.82 Å². The summed E-state index contributed by atoms with van der Waals surface area (Å²) in [7, 11) is 0. The van der Waals surface area contributed by atoms with Crippen LogP contribution in [-0.2, 0) is 6.54 Å². The van der Waals surface area contributed by atoms with Crippen LogP contribution in [0.15, 0.2) is 16.8 Å². The van der Waals surface area contributed by atoms with Gasteiger partial charge in [0.25, 0.3) is 0 Å². The highest BCUT2D eigenvalue weighted by molar-refractivity contribution is 7.99. The molecular formula is C10H18N4S. The van der Waals surface area contributed by atoms with Gasteiger partial charge in [-0.1, -0.05) is 23.4 Å². The van der Waals surface area contributed by atoms with Crippen LogP contribution in [0.1, 0.15) is 19.7 Å². The molecule has 0 amide bonds. The molecule has 0 aliphatic carbocycles. The van der Waals surface area contributed by atoms with Gasteiger partial charge in [-0.15, -0.1) is 10.2 Å². The lowest BCUT2D eigenvalue weighted by Gasteiger charge is -2.04. The number of nitrogens with two attached hydrogens (primary N) is 1. The van der Waals surface area contributed by atoms with E-state index in [-0.39, 0.29) is 0 Å². The third kappa shape index (κ3) is 3.68. The summed E-state index contributed by atoms with van der Waals surface area (Å²) in [5, 5.41) is 9.13. The number of rotatable bonds is 5. The molecule has 0 saturated carbocycles.